The van der Waals surface area contributed by atoms with E-state index in [9.17, 15) is 4.79 Å². The number of nitrogens with one attached hydrogen (secondary N) is 1. The number of carbonyl (C=O) groups is 1. The maximum Gasteiger partial charge on any atom is 0.418 e. The molecule has 5 nitrogen and oxygen atoms in total. The minimum atomic E-state index is -0.655. The molecule has 1 heterocycles. The number of nitrogens with zero attached hydrogens (tertiary/aromatic N) is 1. The Bertz CT molecular complexity index is 912. The normalized spacial score (nSPS) is 10.5. The van der Waals surface area contributed by atoms with E-state index in [1.54, 1.807) is 24.3 Å². The Kier molecular flexibility index (Phi) is 4.53. The number of fused-ring (bicyclic) bond motifs is 1. The molecule has 3 aromatic rings. The van der Waals surface area contributed by atoms with Crippen molar-refractivity contribution in [3.05, 3.63) is 59.1 Å². The molecule has 0 aliphatic rings. The second kappa shape index (κ2) is 6.76. The number of para-hydroxylation sites is 1. The van der Waals surface area contributed by atoms with E-state index >= 15 is 0 Å². The largest absolute Gasteiger partial charge is 0.495 e. The van der Waals surface area contributed by atoms with Crippen LogP contribution in [-0.4, -0.2) is 18.2 Å². The van der Waals surface area contributed by atoms with Crippen LogP contribution < -0.4 is 14.8 Å². The molecule has 0 radical (unpaired) electrons. The van der Waals surface area contributed by atoms with Crippen molar-refractivity contribution >= 4 is 34.3 Å². The van der Waals surface area contributed by atoms with Gasteiger partial charge in [-0.15, -0.1) is 0 Å². The van der Waals surface area contributed by atoms with Gasteiger partial charge < -0.3 is 9.47 Å². The quantitative estimate of drug-likeness (QED) is 0.741. The van der Waals surface area contributed by atoms with E-state index in [2.05, 4.69) is 10.3 Å². The van der Waals surface area contributed by atoms with Crippen molar-refractivity contribution in [3.63, 3.8) is 0 Å². The maximum atomic E-state index is 12.1. The first-order valence-corrected chi connectivity index (χ1v) is 7.63. The molecule has 24 heavy (non-hydrogen) atoms. The molecule has 0 saturated carbocycles. The number of aromatic nitrogens is 1. The predicted octanol–water partition coefficient (Wildman–Crippen LogP) is 4.82. The first kappa shape index (κ1) is 16.1. The Labute approximate surface area is 144 Å². The topological polar surface area (TPSA) is 60.5 Å². The minimum Gasteiger partial charge on any atom is -0.495 e. The van der Waals surface area contributed by atoms with Crippen molar-refractivity contribution in [1.82, 2.24) is 4.98 Å². The number of amides is 1. The first-order valence-electron chi connectivity index (χ1n) is 7.25. The summed E-state index contributed by atoms with van der Waals surface area (Å²) in [5, 5.41) is 4.15. The van der Waals surface area contributed by atoms with Crippen LogP contribution in [0.5, 0.6) is 11.6 Å². The zero-order chi connectivity index (χ0) is 17.1. The second-order valence-corrected chi connectivity index (χ2v) is 5.59. The highest BCUT2D eigenvalue weighted by atomic mass is 35.5. The summed E-state index contributed by atoms with van der Waals surface area (Å²) in [7, 11) is 1.50. The number of hydrogen-bond acceptors (Lipinski definition) is 4. The lowest BCUT2D eigenvalue weighted by atomic mass is 10.1. The molecule has 0 unspecified atom stereocenters. The van der Waals surface area contributed by atoms with Gasteiger partial charge in [0.15, 0.2) is 0 Å². The first-order chi connectivity index (χ1) is 11.6. The van der Waals surface area contributed by atoms with Crippen molar-refractivity contribution in [2.24, 2.45) is 0 Å². The molecule has 1 amide bonds. The highest BCUT2D eigenvalue weighted by Gasteiger charge is 2.12. The number of hydrogen-bond donors (Lipinski definition) is 1. The maximum absolute atomic E-state index is 12.1. The van der Waals surface area contributed by atoms with E-state index in [0.29, 0.717) is 16.5 Å². The van der Waals surface area contributed by atoms with Crippen LogP contribution in [0.4, 0.5) is 10.5 Å². The Morgan fingerprint density at radius 2 is 1.96 bits per heavy atom. The van der Waals surface area contributed by atoms with Gasteiger partial charge in [-0.25, -0.2) is 9.78 Å². The Morgan fingerprint density at radius 3 is 2.75 bits per heavy atom. The van der Waals surface area contributed by atoms with Crippen molar-refractivity contribution < 1.29 is 14.3 Å². The smallest absolute Gasteiger partial charge is 0.418 e. The van der Waals surface area contributed by atoms with Crippen LogP contribution in [0, 0.1) is 6.92 Å². The van der Waals surface area contributed by atoms with Crippen LogP contribution in [0.15, 0.2) is 48.5 Å². The van der Waals surface area contributed by atoms with Gasteiger partial charge in [0.2, 0.25) is 5.88 Å². The lowest BCUT2D eigenvalue weighted by Crippen LogP contribution is -2.18. The summed E-state index contributed by atoms with van der Waals surface area (Å²) in [5.74, 6) is 0.679. The number of aryl methyl sites for hydroxylation is 1. The number of halogens is 1. The molecular formula is C18H15ClN2O3. The van der Waals surface area contributed by atoms with Gasteiger partial charge in [-0.1, -0.05) is 29.8 Å². The van der Waals surface area contributed by atoms with Gasteiger partial charge in [-0.3, -0.25) is 5.32 Å². The number of pyridine rings is 1. The summed E-state index contributed by atoms with van der Waals surface area (Å²) in [5.41, 5.74) is 2.21. The lowest BCUT2D eigenvalue weighted by molar-refractivity contribution is 0.213. The molecule has 6 heteroatoms. The zero-order valence-electron chi connectivity index (χ0n) is 13.2. The second-order valence-electron chi connectivity index (χ2n) is 5.15. The fourth-order valence-corrected chi connectivity index (χ4v) is 2.53. The predicted molar refractivity (Wildman–Crippen MR) is 94.1 cm³/mol. The van der Waals surface area contributed by atoms with Crippen LogP contribution in [0.2, 0.25) is 5.02 Å². The monoisotopic (exact) mass is 342 g/mol. The Balaban J connectivity index is 1.80. The van der Waals surface area contributed by atoms with Crippen LogP contribution in [-0.2, 0) is 0 Å². The molecule has 0 aliphatic heterocycles. The van der Waals surface area contributed by atoms with Gasteiger partial charge in [0.25, 0.3) is 0 Å². The zero-order valence-corrected chi connectivity index (χ0v) is 13.9. The third-order valence-corrected chi connectivity index (χ3v) is 3.73. The molecule has 0 saturated heterocycles. The fourth-order valence-electron chi connectivity index (χ4n) is 2.37. The number of benzene rings is 2. The van der Waals surface area contributed by atoms with Crippen molar-refractivity contribution in [2.45, 2.75) is 6.92 Å². The third kappa shape index (κ3) is 3.41. The van der Waals surface area contributed by atoms with Crippen molar-refractivity contribution in [2.75, 3.05) is 12.4 Å². The average Bonchev–Trinajstić information content (AvgIpc) is 2.56. The molecule has 0 spiro atoms. The van der Waals surface area contributed by atoms with Gasteiger partial charge in [-0.05, 0) is 30.7 Å². The Hall–Kier alpha value is -2.79. The van der Waals surface area contributed by atoms with Gasteiger partial charge >= 0.3 is 6.09 Å². The molecule has 2 aromatic carbocycles. The van der Waals surface area contributed by atoms with Crippen molar-refractivity contribution in [1.29, 1.82) is 0 Å². The number of ether oxygens (including phenoxy) is 2. The summed E-state index contributed by atoms with van der Waals surface area (Å²) >= 11 is 5.90. The van der Waals surface area contributed by atoms with Crippen LogP contribution in [0.25, 0.3) is 10.9 Å². The minimum absolute atomic E-state index is 0.233. The van der Waals surface area contributed by atoms with Gasteiger partial charge in [0.05, 0.1) is 18.3 Å². The van der Waals surface area contributed by atoms with Crippen molar-refractivity contribution in [3.8, 4) is 11.6 Å². The molecule has 0 aliphatic carbocycles. The highest BCUT2D eigenvalue weighted by molar-refractivity contribution is 6.30. The molecule has 122 valence electrons. The van der Waals surface area contributed by atoms with E-state index in [1.165, 1.54) is 7.11 Å². The molecule has 0 fully saturated rings. The van der Waals surface area contributed by atoms with E-state index in [1.807, 2.05) is 31.2 Å². The molecule has 0 atom stereocenters. The van der Waals surface area contributed by atoms with Crippen LogP contribution >= 0.6 is 11.6 Å². The number of methoxy groups -OCH3 is 1. The highest BCUT2D eigenvalue weighted by Crippen LogP contribution is 2.28. The Morgan fingerprint density at radius 1 is 1.17 bits per heavy atom. The van der Waals surface area contributed by atoms with E-state index in [4.69, 9.17) is 21.1 Å². The van der Waals surface area contributed by atoms with Gasteiger partial charge in [0, 0.05) is 22.5 Å². The lowest BCUT2D eigenvalue weighted by Gasteiger charge is -2.11. The third-order valence-electron chi connectivity index (χ3n) is 3.50. The molecule has 3 rings (SSSR count). The number of rotatable bonds is 3. The molecule has 1 N–H and O–H groups in total. The fraction of sp³-hybridized carbons (Fsp3) is 0.111. The SMILES string of the molecule is COc1cc(Cl)ccc1NC(=O)Oc1cc(C)c2ccccc2n1. The summed E-state index contributed by atoms with van der Waals surface area (Å²) in [6, 6.07) is 14.3. The van der Waals surface area contributed by atoms with E-state index in [-0.39, 0.29) is 5.88 Å². The van der Waals surface area contributed by atoms with Gasteiger partial charge in [0.1, 0.15) is 5.75 Å². The van der Waals surface area contributed by atoms with Crippen LogP contribution in [0.3, 0.4) is 0 Å². The summed E-state index contributed by atoms with van der Waals surface area (Å²) in [4.78, 5) is 16.5. The summed E-state index contributed by atoms with van der Waals surface area (Å²) < 4.78 is 10.5. The number of anilines is 1. The molecule has 0 bridgehead atoms. The van der Waals surface area contributed by atoms with E-state index in [0.717, 1.165) is 16.5 Å². The molecule has 1 aromatic heterocycles. The summed E-state index contributed by atoms with van der Waals surface area (Å²) in [6.45, 7) is 1.94. The van der Waals surface area contributed by atoms with E-state index < -0.39 is 6.09 Å². The standard InChI is InChI=1S/C18H15ClN2O3/c1-11-9-17(20-14-6-4-3-5-13(11)14)24-18(22)21-15-8-7-12(19)10-16(15)23-2/h3-10H,1-2H3,(H,21,22). The number of carbonyl (C=O) groups excluding carboxylic acids is 1. The summed E-state index contributed by atoms with van der Waals surface area (Å²) in [6.07, 6.45) is -0.655. The van der Waals surface area contributed by atoms with Gasteiger partial charge in [-0.2, -0.15) is 0 Å². The van der Waals surface area contributed by atoms with Crippen LogP contribution in [0.1, 0.15) is 5.56 Å². The average molecular weight is 343 g/mol. The molecular weight excluding hydrogens is 328 g/mol.